The minimum absolute atomic E-state index is 0.0215. The van der Waals surface area contributed by atoms with Crippen LogP contribution in [-0.4, -0.2) is 117 Å². The number of amides is 5. The summed E-state index contributed by atoms with van der Waals surface area (Å²) in [7, 11) is 0. The number of hydrogen-bond donors (Lipinski definition) is 1. The molecule has 0 bridgehead atoms. The molecule has 1 atom stereocenters. The summed E-state index contributed by atoms with van der Waals surface area (Å²) < 4.78 is 64.9. The van der Waals surface area contributed by atoms with Crippen molar-refractivity contribution in [3.8, 4) is 11.8 Å². The molecule has 59 heavy (non-hydrogen) atoms. The fourth-order valence-electron chi connectivity index (χ4n) is 6.78. The lowest BCUT2D eigenvalue weighted by Gasteiger charge is -2.29. The molecule has 0 radical (unpaired) electrons. The molecule has 3 aromatic rings. The quantitative estimate of drug-likeness (QED) is 0.111. The largest absolute Gasteiger partial charge is 0.490 e. The molecule has 3 aliphatic heterocycles. The molecule has 6 rings (SSSR count). The van der Waals surface area contributed by atoms with Gasteiger partial charge in [-0.1, -0.05) is 11.3 Å². The lowest BCUT2D eigenvalue weighted by Crippen LogP contribution is -2.54. The Morgan fingerprint density at radius 3 is 2.37 bits per heavy atom. The third kappa shape index (κ3) is 9.25. The number of benzene rings is 2. The van der Waals surface area contributed by atoms with E-state index >= 15 is 0 Å². The number of nitrogens with one attached hydrogen (secondary N) is 1. The van der Waals surface area contributed by atoms with Crippen molar-refractivity contribution in [2.45, 2.75) is 64.0 Å². The van der Waals surface area contributed by atoms with E-state index in [1.54, 1.807) is 41.8 Å². The van der Waals surface area contributed by atoms with Crippen molar-refractivity contribution in [1.82, 2.24) is 30.1 Å². The fraction of sp³-hybridized carbons (Fsp3) is 0.447. The number of carbonyl (C=O) groups excluding carboxylic acids is 5. The van der Waals surface area contributed by atoms with Crippen LogP contribution >= 0.6 is 12.2 Å². The second-order valence-corrected chi connectivity index (χ2v) is 14.4. The van der Waals surface area contributed by atoms with Crippen molar-refractivity contribution in [2.24, 2.45) is 0 Å². The summed E-state index contributed by atoms with van der Waals surface area (Å²) in [6.45, 7) is 5.51. The summed E-state index contributed by atoms with van der Waals surface area (Å²) in [5, 5.41) is 19.6. The van der Waals surface area contributed by atoms with Gasteiger partial charge in [-0.2, -0.15) is 18.4 Å². The molecule has 0 spiro atoms. The van der Waals surface area contributed by atoms with E-state index in [4.69, 9.17) is 36.4 Å². The molecule has 312 valence electrons. The smallest absolute Gasteiger partial charge is 0.417 e. The first kappa shape index (κ1) is 42.8. The SMILES string of the molecule is CC1(C)C(=O)N(c2ccc(C#N)c(C(F)(F)F)c2)C(=S)N1CCCn1cc(COCCOCCOCCOc2cccc3c2C(=O)N(C2CCC(=O)NC2=O)C3=O)nn1. The van der Waals surface area contributed by atoms with Crippen LogP contribution in [0.15, 0.2) is 42.6 Å². The second kappa shape index (κ2) is 18.0. The van der Waals surface area contributed by atoms with Crippen LogP contribution in [0.5, 0.6) is 5.75 Å². The Morgan fingerprint density at radius 2 is 1.68 bits per heavy atom. The molecule has 2 fully saturated rings. The second-order valence-electron chi connectivity index (χ2n) is 14.1. The number of imide groups is 2. The van der Waals surface area contributed by atoms with Crippen LogP contribution in [0.3, 0.4) is 0 Å². The molecule has 0 aliphatic carbocycles. The minimum atomic E-state index is -4.79. The van der Waals surface area contributed by atoms with E-state index in [2.05, 4.69) is 15.6 Å². The maximum Gasteiger partial charge on any atom is 0.417 e. The van der Waals surface area contributed by atoms with Gasteiger partial charge in [-0.15, -0.1) is 5.10 Å². The Morgan fingerprint density at radius 1 is 0.966 bits per heavy atom. The number of rotatable bonds is 18. The van der Waals surface area contributed by atoms with Gasteiger partial charge in [-0.05, 0) is 69.2 Å². The highest BCUT2D eigenvalue weighted by molar-refractivity contribution is 7.80. The number of piperidine rings is 1. The maximum atomic E-state index is 13.6. The molecule has 17 nitrogen and oxygen atoms in total. The molecule has 1 N–H and O–H groups in total. The van der Waals surface area contributed by atoms with E-state index in [0.29, 0.717) is 25.2 Å². The molecule has 0 saturated carbocycles. The number of thiocarbonyl (C=S) groups is 1. The molecular formula is C38H39F3N8O9S. The van der Waals surface area contributed by atoms with E-state index in [9.17, 15) is 37.1 Å². The number of anilines is 1. The third-order valence-electron chi connectivity index (χ3n) is 9.77. The molecule has 2 saturated heterocycles. The van der Waals surface area contributed by atoms with Gasteiger partial charge in [0.1, 0.15) is 29.6 Å². The van der Waals surface area contributed by atoms with Crippen molar-refractivity contribution in [3.05, 3.63) is 70.5 Å². The van der Waals surface area contributed by atoms with Gasteiger partial charge in [0.25, 0.3) is 17.7 Å². The molecule has 2 aromatic carbocycles. The summed E-state index contributed by atoms with van der Waals surface area (Å²) in [4.78, 5) is 66.9. The number of halogens is 3. The van der Waals surface area contributed by atoms with Crippen LogP contribution < -0.4 is 15.0 Å². The first-order valence-electron chi connectivity index (χ1n) is 18.5. The van der Waals surface area contributed by atoms with Crippen molar-refractivity contribution in [3.63, 3.8) is 0 Å². The highest BCUT2D eigenvalue weighted by Crippen LogP contribution is 2.38. The number of aromatic nitrogens is 3. The zero-order valence-corrected chi connectivity index (χ0v) is 32.8. The Balaban J connectivity index is 0.849. The van der Waals surface area contributed by atoms with Crippen LogP contribution in [0.4, 0.5) is 18.9 Å². The van der Waals surface area contributed by atoms with E-state index in [1.165, 1.54) is 18.2 Å². The average Bonchev–Trinajstić information content (AvgIpc) is 3.80. The molecule has 3 aliphatic rings. The lowest BCUT2D eigenvalue weighted by molar-refractivity contribution is -0.138. The van der Waals surface area contributed by atoms with Gasteiger partial charge < -0.3 is 23.8 Å². The average molecular weight is 841 g/mol. The number of hydrogen-bond acceptors (Lipinski definition) is 13. The normalized spacial score (nSPS) is 17.8. The lowest BCUT2D eigenvalue weighted by atomic mass is 10.0. The number of fused-ring (bicyclic) bond motifs is 1. The Labute approximate surface area is 340 Å². The molecular weight excluding hydrogens is 802 g/mol. The Hall–Kier alpha value is -5.82. The number of ether oxygens (including phenoxy) is 4. The summed E-state index contributed by atoms with van der Waals surface area (Å²) in [5.41, 5.74) is -2.14. The first-order chi connectivity index (χ1) is 28.1. The van der Waals surface area contributed by atoms with Crippen LogP contribution in [0.1, 0.15) is 70.6 Å². The predicted octanol–water partition coefficient (Wildman–Crippen LogP) is 3.00. The van der Waals surface area contributed by atoms with Crippen molar-refractivity contribution in [2.75, 3.05) is 51.1 Å². The standard InChI is InChI=1S/C38H39F3N8O9S/c1-37(2)35(54)48(25-8-7-23(20-42)27(19-25)38(39,40)41)36(59)47(37)12-4-11-46-21-24(44-45-46)22-57-16-15-55-13-14-56-17-18-58-29-6-3-5-26-31(29)34(53)49(33(26)52)28-9-10-30(50)43-32(28)51/h3,5-8,19,21,28H,4,9-18,22H2,1-2H3,(H,43,50,51). The van der Waals surface area contributed by atoms with Crippen molar-refractivity contribution in [1.29, 1.82) is 5.26 Å². The Bertz CT molecular complexity index is 2190. The van der Waals surface area contributed by atoms with Gasteiger partial charge in [-0.25, -0.2) is 0 Å². The third-order valence-corrected chi connectivity index (χ3v) is 10.2. The van der Waals surface area contributed by atoms with E-state index < -0.39 is 58.4 Å². The Kier molecular flexibility index (Phi) is 13.0. The van der Waals surface area contributed by atoms with Gasteiger partial charge in [0, 0.05) is 19.5 Å². The van der Waals surface area contributed by atoms with Crippen molar-refractivity contribution >= 4 is 52.6 Å². The van der Waals surface area contributed by atoms with Crippen molar-refractivity contribution < 1.29 is 56.1 Å². The van der Waals surface area contributed by atoms with E-state index in [0.717, 1.165) is 21.9 Å². The molecule has 1 aromatic heterocycles. The summed E-state index contributed by atoms with van der Waals surface area (Å²) in [6, 6.07) is 8.14. The topological polar surface area (TPSA) is 199 Å². The zero-order valence-electron chi connectivity index (χ0n) is 32.0. The van der Waals surface area contributed by atoms with Gasteiger partial charge >= 0.3 is 6.18 Å². The number of nitriles is 1. The molecule has 1 unspecified atom stereocenters. The summed E-state index contributed by atoms with van der Waals surface area (Å²) in [6.07, 6.45) is -2.52. The van der Waals surface area contributed by atoms with Gasteiger partial charge in [0.15, 0.2) is 5.11 Å². The van der Waals surface area contributed by atoms with Gasteiger partial charge in [0.2, 0.25) is 11.8 Å². The maximum absolute atomic E-state index is 13.6. The van der Waals surface area contributed by atoms with E-state index in [-0.39, 0.29) is 86.8 Å². The molecule has 21 heteroatoms. The zero-order chi connectivity index (χ0) is 42.5. The summed E-state index contributed by atoms with van der Waals surface area (Å²) >= 11 is 5.55. The number of alkyl halides is 3. The number of aryl methyl sites for hydroxylation is 1. The van der Waals surface area contributed by atoms with Gasteiger partial charge in [-0.3, -0.25) is 43.8 Å². The van der Waals surface area contributed by atoms with Crippen LogP contribution in [0.25, 0.3) is 0 Å². The summed E-state index contributed by atoms with van der Waals surface area (Å²) in [5.74, 6) is -2.73. The van der Waals surface area contributed by atoms with Crippen LogP contribution in [-0.2, 0) is 47.9 Å². The monoisotopic (exact) mass is 840 g/mol. The molecule has 4 heterocycles. The first-order valence-corrected chi connectivity index (χ1v) is 18.9. The van der Waals surface area contributed by atoms with E-state index in [1.807, 2.05) is 0 Å². The minimum Gasteiger partial charge on any atom is -0.490 e. The number of nitrogens with zero attached hydrogens (tertiary/aromatic N) is 7. The fourth-order valence-corrected chi connectivity index (χ4v) is 7.29. The molecule has 5 amide bonds. The van der Waals surface area contributed by atoms with Crippen LogP contribution in [0.2, 0.25) is 0 Å². The highest BCUT2D eigenvalue weighted by Gasteiger charge is 2.50. The predicted molar refractivity (Wildman–Crippen MR) is 202 cm³/mol. The highest BCUT2D eigenvalue weighted by atomic mass is 32.1. The van der Waals surface area contributed by atoms with Gasteiger partial charge in [0.05, 0.1) is 79.8 Å². The number of carbonyl (C=O) groups is 5. The van der Waals surface area contributed by atoms with Crippen LogP contribution in [0, 0.1) is 11.3 Å².